The van der Waals surface area contributed by atoms with Crippen molar-refractivity contribution < 1.29 is 19.1 Å². The number of benzene rings is 2. The molecule has 208 valence electrons. The number of rotatable bonds is 14. The number of oxime groups is 1. The third kappa shape index (κ3) is 9.68. The van der Waals surface area contributed by atoms with E-state index in [0.717, 1.165) is 68.6 Å². The molecule has 9 heteroatoms. The van der Waals surface area contributed by atoms with Crippen molar-refractivity contribution in [2.45, 2.75) is 58.0 Å². The predicted molar refractivity (Wildman–Crippen MR) is 153 cm³/mol. The average molecular weight is 565 g/mol. The molecule has 0 spiro atoms. The highest BCUT2D eigenvalue weighted by Gasteiger charge is 2.24. The van der Waals surface area contributed by atoms with Crippen molar-refractivity contribution in [3.8, 4) is 5.75 Å². The fourth-order valence-electron chi connectivity index (χ4n) is 4.72. The monoisotopic (exact) mass is 563 g/mol. The lowest BCUT2D eigenvalue weighted by Crippen LogP contribution is -2.41. The minimum Gasteiger partial charge on any atom is -0.493 e. The van der Waals surface area contributed by atoms with Crippen LogP contribution in [-0.2, 0) is 9.57 Å². The van der Waals surface area contributed by atoms with Gasteiger partial charge in [0.1, 0.15) is 24.7 Å². The zero-order valence-corrected chi connectivity index (χ0v) is 23.8. The van der Waals surface area contributed by atoms with E-state index in [1.54, 1.807) is 12.1 Å². The Morgan fingerprint density at radius 3 is 2.47 bits per heavy atom. The molecule has 38 heavy (non-hydrogen) atoms. The molecular formula is C29H39Cl2N3O4. The second-order valence-electron chi connectivity index (χ2n) is 9.73. The third-order valence-electron chi connectivity index (χ3n) is 6.81. The molecular weight excluding hydrogens is 525 g/mol. The number of piperidine rings is 1. The smallest absolute Gasteiger partial charge is 0.404 e. The molecule has 2 aromatic rings. The molecule has 0 aliphatic carbocycles. The second-order valence-corrected chi connectivity index (χ2v) is 10.6. The first-order valence-corrected chi connectivity index (χ1v) is 14.1. The van der Waals surface area contributed by atoms with Crippen molar-refractivity contribution in [1.82, 2.24) is 4.90 Å². The van der Waals surface area contributed by atoms with Gasteiger partial charge in [0.25, 0.3) is 0 Å². The SMILES string of the molecule is CCCCCC[C@H](CN1CCC(COc2ccc(/C(=N/OC)c3ccc(Cl)cc3)c(Cl)c2)CC1)OC(N)=O. The number of nitrogens with two attached hydrogens (primary N) is 1. The summed E-state index contributed by atoms with van der Waals surface area (Å²) >= 11 is 12.7. The van der Waals surface area contributed by atoms with E-state index < -0.39 is 6.09 Å². The van der Waals surface area contributed by atoms with Crippen LogP contribution >= 0.6 is 23.2 Å². The Balaban J connectivity index is 1.50. The Labute approximate surface area is 236 Å². The quantitative estimate of drug-likeness (QED) is 0.153. The Bertz CT molecular complexity index is 1040. The van der Waals surface area contributed by atoms with Crippen molar-refractivity contribution >= 4 is 35.0 Å². The Kier molecular flexibility index (Phi) is 12.5. The first-order valence-electron chi connectivity index (χ1n) is 13.4. The van der Waals surface area contributed by atoms with Gasteiger partial charge in [-0.25, -0.2) is 4.79 Å². The van der Waals surface area contributed by atoms with Crippen LogP contribution < -0.4 is 10.5 Å². The molecule has 1 aliphatic rings. The number of amides is 1. The highest BCUT2D eigenvalue weighted by Crippen LogP contribution is 2.27. The minimum atomic E-state index is -0.688. The number of carbonyl (C=O) groups excluding carboxylic acids is 1. The van der Waals surface area contributed by atoms with Crippen molar-refractivity contribution in [2.75, 3.05) is 33.4 Å². The molecule has 0 bridgehead atoms. The van der Waals surface area contributed by atoms with Crippen LogP contribution in [0.4, 0.5) is 4.79 Å². The zero-order valence-electron chi connectivity index (χ0n) is 22.3. The zero-order chi connectivity index (χ0) is 27.3. The first kappa shape index (κ1) is 30.1. The molecule has 1 atom stereocenters. The van der Waals surface area contributed by atoms with E-state index in [0.29, 0.717) is 28.3 Å². The van der Waals surface area contributed by atoms with Gasteiger partial charge in [-0.15, -0.1) is 0 Å². The van der Waals surface area contributed by atoms with Gasteiger partial charge in [-0.3, -0.25) is 4.90 Å². The van der Waals surface area contributed by atoms with E-state index in [4.69, 9.17) is 43.2 Å². The summed E-state index contributed by atoms with van der Waals surface area (Å²) in [4.78, 5) is 18.8. The number of halogens is 2. The lowest BCUT2D eigenvalue weighted by atomic mass is 9.97. The summed E-state index contributed by atoms with van der Waals surface area (Å²) in [5.41, 5.74) is 7.53. The summed E-state index contributed by atoms with van der Waals surface area (Å²) in [6.45, 7) is 5.43. The van der Waals surface area contributed by atoms with Gasteiger partial charge >= 0.3 is 6.09 Å². The highest BCUT2D eigenvalue weighted by atomic mass is 35.5. The summed E-state index contributed by atoms with van der Waals surface area (Å²) in [7, 11) is 1.51. The van der Waals surface area contributed by atoms with E-state index in [-0.39, 0.29) is 6.10 Å². The summed E-state index contributed by atoms with van der Waals surface area (Å²) in [5, 5.41) is 5.36. The van der Waals surface area contributed by atoms with Gasteiger partial charge in [0, 0.05) is 22.7 Å². The largest absolute Gasteiger partial charge is 0.493 e. The maximum Gasteiger partial charge on any atom is 0.404 e. The molecule has 1 heterocycles. The molecule has 1 amide bonds. The van der Waals surface area contributed by atoms with Gasteiger partial charge in [-0.1, -0.05) is 66.7 Å². The summed E-state index contributed by atoms with van der Waals surface area (Å²) < 4.78 is 11.5. The number of carbonyl (C=O) groups is 1. The van der Waals surface area contributed by atoms with Crippen molar-refractivity contribution in [3.63, 3.8) is 0 Å². The van der Waals surface area contributed by atoms with Crippen LogP contribution in [0.3, 0.4) is 0 Å². The lowest BCUT2D eigenvalue weighted by Gasteiger charge is -2.33. The molecule has 3 rings (SSSR count). The van der Waals surface area contributed by atoms with E-state index in [9.17, 15) is 4.79 Å². The fraction of sp³-hybridized carbons (Fsp3) is 0.517. The Hall–Kier alpha value is -2.48. The fourth-order valence-corrected chi connectivity index (χ4v) is 5.11. The number of nitrogens with zero attached hydrogens (tertiary/aromatic N) is 2. The average Bonchev–Trinajstić information content (AvgIpc) is 2.90. The molecule has 0 radical (unpaired) electrons. The first-order chi connectivity index (χ1) is 18.4. The number of primary amides is 1. The van der Waals surface area contributed by atoms with Gasteiger partial charge < -0.3 is 20.0 Å². The number of likely N-dealkylation sites (tertiary alicyclic amines) is 1. The number of unbranched alkanes of at least 4 members (excludes halogenated alkanes) is 3. The van der Waals surface area contributed by atoms with E-state index in [1.165, 1.54) is 20.0 Å². The molecule has 1 saturated heterocycles. The Morgan fingerprint density at radius 1 is 1.11 bits per heavy atom. The summed E-state index contributed by atoms with van der Waals surface area (Å²) in [5.74, 6) is 1.17. The predicted octanol–water partition coefficient (Wildman–Crippen LogP) is 6.92. The van der Waals surface area contributed by atoms with Gasteiger partial charge in [-0.05, 0) is 75.0 Å². The summed E-state index contributed by atoms with van der Waals surface area (Å²) in [6, 6.07) is 13.0. The van der Waals surface area contributed by atoms with E-state index >= 15 is 0 Å². The highest BCUT2D eigenvalue weighted by molar-refractivity contribution is 6.35. The molecule has 2 aromatic carbocycles. The molecule has 2 N–H and O–H groups in total. The number of hydrogen-bond donors (Lipinski definition) is 1. The normalized spacial score (nSPS) is 15.7. The second kappa shape index (κ2) is 15.8. The van der Waals surface area contributed by atoms with Gasteiger partial charge in [-0.2, -0.15) is 0 Å². The maximum atomic E-state index is 11.3. The van der Waals surface area contributed by atoms with Crippen LogP contribution in [0.1, 0.15) is 63.0 Å². The summed E-state index contributed by atoms with van der Waals surface area (Å²) in [6.07, 6.45) is 6.66. The molecule has 0 unspecified atom stereocenters. The third-order valence-corrected chi connectivity index (χ3v) is 7.38. The van der Waals surface area contributed by atoms with Gasteiger partial charge in [0.05, 0.1) is 11.6 Å². The number of ether oxygens (including phenoxy) is 2. The van der Waals surface area contributed by atoms with Crippen molar-refractivity contribution in [3.05, 3.63) is 63.6 Å². The standard InChI is InChI=1S/C29H39Cl2N3O4/c1-3-4-5-6-7-25(38-29(32)35)19-34-16-14-21(15-17-34)20-37-24-12-13-26(27(31)18-24)28(33-36-2)22-8-10-23(30)11-9-22/h8-13,18,21,25H,3-7,14-17,19-20H2,1-2H3,(H2,32,35)/b33-28+/t25-/m1/s1. The van der Waals surface area contributed by atoms with Crippen LogP contribution in [0.25, 0.3) is 0 Å². The van der Waals surface area contributed by atoms with Gasteiger partial charge in [0.15, 0.2) is 0 Å². The Morgan fingerprint density at radius 2 is 1.84 bits per heavy atom. The molecule has 1 aliphatic heterocycles. The molecule has 7 nitrogen and oxygen atoms in total. The van der Waals surface area contributed by atoms with Crippen LogP contribution in [0.5, 0.6) is 5.75 Å². The lowest BCUT2D eigenvalue weighted by molar-refractivity contribution is 0.0537. The topological polar surface area (TPSA) is 86.4 Å². The van der Waals surface area contributed by atoms with Crippen LogP contribution in [0.15, 0.2) is 47.6 Å². The van der Waals surface area contributed by atoms with Crippen LogP contribution in [0, 0.1) is 5.92 Å². The molecule has 1 fully saturated rings. The van der Waals surface area contributed by atoms with Gasteiger partial charge in [0.2, 0.25) is 0 Å². The van der Waals surface area contributed by atoms with Crippen molar-refractivity contribution in [1.29, 1.82) is 0 Å². The van der Waals surface area contributed by atoms with E-state index in [1.807, 2.05) is 30.3 Å². The van der Waals surface area contributed by atoms with Crippen molar-refractivity contribution in [2.24, 2.45) is 16.8 Å². The van der Waals surface area contributed by atoms with Crippen LogP contribution in [0.2, 0.25) is 10.0 Å². The maximum absolute atomic E-state index is 11.3. The molecule has 0 saturated carbocycles. The minimum absolute atomic E-state index is 0.141. The van der Waals surface area contributed by atoms with E-state index in [2.05, 4.69) is 17.0 Å². The van der Waals surface area contributed by atoms with Crippen LogP contribution in [-0.4, -0.2) is 56.2 Å². The molecule has 0 aromatic heterocycles. The number of hydrogen-bond acceptors (Lipinski definition) is 6.